The molecule has 4 heterocycles. The third-order valence-electron chi connectivity index (χ3n) is 5.39. The first kappa shape index (κ1) is 18.4. The Bertz CT molecular complexity index is 968. The van der Waals surface area contributed by atoms with Crippen LogP contribution in [0.5, 0.6) is 0 Å². The normalized spacial score (nSPS) is 15.2. The summed E-state index contributed by atoms with van der Waals surface area (Å²) in [4.78, 5) is 21.2. The van der Waals surface area contributed by atoms with E-state index < -0.39 is 0 Å². The molecule has 0 aromatic carbocycles. The molecule has 1 aliphatic heterocycles. The molecule has 0 saturated carbocycles. The molecule has 0 bridgehead atoms. The predicted octanol–water partition coefficient (Wildman–Crippen LogP) is 1.78. The number of carbonyl (C=O) groups is 1. The number of aromatic amines is 1. The van der Waals surface area contributed by atoms with Crippen LogP contribution >= 0.6 is 0 Å². The lowest BCUT2D eigenvalue weighted by molar-refractivity contribution is 0.0622. The second kappa shape index (κ2) is 7.55. The molecule has 0 unspecified atom stereocenters. The van der Waals surface area contributed by atoms with E-state index in [1.165, 1.54) is 5.56 Å². The largest absolute Gasteiger partial charge is 0.335 e. The Balaban J connectivity index is 1.40. The molecule has 1 saturated heterocycles. The summed E-state index contributed by atoms with van der Waals surface area (Å²) in [7, 11) is 1.91. The van der Waals surface area contributed by atoms with Crippen molar-refractivity contribution < 1.29 is 4.79 Å². The molecule has 146 valence electrons. The van der Waals surface area contributed by atoms with E-state index in [1.807, 2.05) is 61.1 Å². The van der Waals surface area contributed by atoms with Crippen LogP contribution in [0, 0.1) is 13.8 Å². The van der Waals surface area contributed by atoms with Gasteiger partial charge in [-0.15, -0.1) is 0 Å². The van der Waals surface area contributed by atoms with Gasteiger partial charge in [-0.1, -0.05) is 0 Å². The Labute approximate surface area is 164 Å². The average Bonchev–Trinajstić information content (AvgIpc) is 3.27. The van der Waals surface area contributed by atoms with Gasteiger partial charge in [0.15, 0.2) is 0 Å². The van der Waals surface area contributed by atoms with Gasteiger partial charge in [-0.2, -0.15) is 10.2 Å². The number of aryl methyl sites for hydroxylation is 2. The van der Waals surface area contributed by atoms with E-state index in [0.717, 1.165) is 42.3 Å². The van der Waals surface area contributed by atoms with E-state index in [4.69, 9.17) is 0 Å². The highest BCUT2D eigenvalue weighted by Gasteiger charge is 2.24. The number of carbonyl (C=O) groups excluding carboxylic acids is 1. The van der Waals surface area contributed by atoms with E-state index in [2.05, 4.69) is 25.2 Å². The summed E-state index contributed by atoms with van der Waals surface area (Å²) in [5.41, 5.74) is 5.47. The number of amides is 1. The van der Waals surface area contributed by atoms with Crippen LogP contribution in [0.3, 0.4) is 0 Å². The van der Waals surface area contributed by atoms with Crippen molar-refractivity contribution in [3.63, 3.8) is 0 Å². The van der Waals surface area contributed by atoms with Gasteiger partial charge in [0, 0.05) is 63.4 Å². The average molecular weight is 379 g/mol. The highest BCUT2D eigenvalue weighted by Crippen LogP contribution is 2.25. The molecule has 0 radical (unpaired) electrons. The van der Waals surface area contributed by atoms with Gasteiger partial charge < -0.3 is 4.90 Å². The zero-order valence-corrected chi connectivity index (χ0v) is 16.5. The van der Waals surface area contributed by atoms with Gasteiger partial charge in [-0.3, -0.25) is 24.5 Å². The van der Waals surface area contributed by atoms with Crippen LogP contribution in [0.4, 0.5) is 0 Å². The van der Waals surface area contributed by atoms with Gasteiger partial charge in [-0.25, -0.2) is 0 Å². The molecule has 0 spiro atoms. The third kappa shape index (κ3) is 3.55. The van der Waals surface area contributed by atoms with Crippen LogP contribution in [0.2, 0.25) is 0 Å². The maximum absolute atomic E-state index is 12.9. The molecule has 0 atom stereocenters. The number of H-pyrrole nitrogens is 1. The van der Waals surface area contributed by atoms with Crippen LogP contribution in [-0.2, 0) is 13.6 Å². The lowest BCUT2D eigenvalue weighted by Crippen LogP contribution is -2.48. The number of nitrogens with zero attached hydrogens (tertiary/aromatic N) is 6. The molecule has 1 fully saturated rings. The highest BCUT2D eigenvalue weighted by atomic mass is 16.2. The molecular weight excluding hydrogens is 354 g/mol. The molecule has 4 rings (SSSR count). The van der Waals surface area contributed by atoms with Crippen LogP contribution < -0.4 is 0 Å². The lowest BCUT2D eigenvalue weighted by atomic mass is 10.1. The maximum Gasteiger partial charge on any atom is 0.271 e. The van der Waals surface area contributed by atoms with E-state index in [9.17, 15) is 4.79 Å². The fourth-order valence-corrected chi connectivity index (χ4v) is 3.73. The summed E-state index contributed by atoms with van der Waals surface area (Å²) in [6.07, 6.45) is 3.63. The Hall–Kier alpha value is -3.00. The van der Waals surface area contributed by atoms with Gasteiger partial charge in [0.25, 0.3) is 5.91 Å². The van der Waals surface area contributed by atoms with E-state index in [-0.39, 0.29) is 5.91 Å². The number of hydrogen-bond donors (Lipinski definition) is 1. The van der Waals surface area contributed by atoms with Crippen LogP contribution in [0.1, 0.15) is 27.4 Å². The Kier molecular flexibility index (Phi) is 4.95. The highest BCUT2D eigenvalue weighted by molar-refractivity contribution is 5.93. The van der Waals surface area contributed by atoms with Gasteiger partial charge in [-0.05, 0) is 37.6 Å². The van der Waals surface area contributed by atoms with Crippen molar-refractivity contribution in [3.05, 3.63) is 53.2 Å². The fraction of sp³-hybridized carbons (Fsp3) is 0.400. The van der Waals surface area contributed by atoms with Crippen LogP contribution in [0.25, 0.3) is 11.3 Å². The summed E-state index contributed by atoms with van der Waals surface area (Å²) >= 11 is 0. The zero-order chi connectivity index (χ0) is 19.7. The Morgan fingerprint density at radius 2 is 1.86 bits per heavy atom. The van der Waals surface area contributed by atoms with Crippen molar-refractivity contribution in [2.24, 2.45) is 7.05 Å². The minimum Gasteiger partial charge on any atom is -0.335 e. The monoisotopic (exact) mass is 379 g/mol. The summed E-state index contributed by atoms with van der Waals surface area (Å²) in [5.74, 6) is 0.00140. The van der Waals surface area contributed by atoms with Crippen molar-refractivity contribution in [3.8, 4) is 11.3 Å². The number of piperazine rings is 1. The number of nitrogens with one attached hydrogen (secondary N) is 1. The Morgan fingerprint density at radius 3 is 2.50 bits per heavy atom. The minimum atomic E-state index is 0.00140. The van der Waals surface area contributed by atoms with E-state index >= 15 is 0 Å². The van der Waals surface area contributed by atoms with Crippen molar-refractivity contribution in [1.29, 1.82) is 0 Å². The molecule has 1 N–H and O–H groups in total. The first-order valence-corrected chi connectivity index (χ1v) is 9.49. The molecule has 3 aromatic heterocycles. The number of aromatic nitrogens is 5. The van der Waals surface area contributed by atoms with Crippen molar-refractivity contribution in [1.82, 2.24) is 34.8 Å². The standard InChI is InChI=1S/C20H25N7O/c1-14-19(15(2)25(3)24-14)17-12-18(23-22-17)20(28)27-10-8-26(9-11-27)13-16-4-6-21-7-5-16/h4-7,12H,8-11,13H2,1-3H3,(H,22,23). The van der Waals surface area contributed by atoms with Gasteiger partial charge in [0.2, 0.25) is 0 Å². The van der Waals surface area contributed by atoms with Crippen LogP contribution in [0.15, 0.2) is 30.6 Å². The topological polar surface area (TPSA) is 82.9 Å². The summed E-state index contributed by atoms with van der Waals surface area (Å²) in [5, 5.41) is 11.7. The molecule has 8 nitrogen and oxygen atoms in total. The SMILES string of the molecule is Cc1nn(C)c(C)c1-c1cc(C(=O)N2CCN(Cc3ccncc3)CC2)[nH]n1. The predicted molar refractivity (Wildman–Crippen MR) is 106 cm³/mol. The summed E-state index contributed by atoms with van der Waals surface area (Å²) < 4.78 is 1.84. The smallest absolute Gasteiger partial charge is 0.271 e. The van der Waals surface area contributed by atoms with Crippen molar-refractivity contribution in [2.75, 3.05) is 26.2 Å². The fourth-order valence-electron chi connectivity index (χ4n) is 3.73. The molecule has 28 heavy (non-hydrogen) atoms. The number of rotatable bonds is 4. The second-order valence-corrected chi connectivity index (χ2v) is 7.26. The summed E-state index contributed by atoms with van der Waals surface area (Å²) in [6.45, 7) is 7.99. The maximum atomic E-state index is 12.9. The minimum absolute atomic E-state index is 0.00140. The number of pyridine rings is 1. The van der Waals surface area contributed by atoms with Crippen LogP contribution in [-0.4, -0.2) is 66.8 Å². The van der Waals surface area contributed by atoms with Crippen molar-refractivity contribution in [2.45, 2.75) is 20.4 Å². The molecule has 1 amide bonds. The molecule has 1 aliphatic rings. The van der Waals surface area contributed by atoms with E-state index in [1.54, 1.807) is 0 Å². The molecule has 8 heteroatoms. The summed E-state index contributed by atoms with van der Waals surface area (Å²) in [6, 6.07) is 5.90. The number of hydrogen-bond acceptors (Lipinski definition) is 5. The van der Waals surface area contributed by atoms with Gasteiger partial charge in [0.05, 0.1) is 11.4 Å². The lowest BCUT2D eigenvalue weighted by Gasteiger charge is -2.34. The second-order valence-electron chi connectivity index (χ2n) is 7.26. The first-order valence-electron chi connectivity index (χ1n) is 9.49. The quantitative estimate of drug-likeness (QED) is 0.747. The molecular formula is C20H25N7O. The van der Waals surface area contributed by atoms with Gasteiger partial charge in [0.1, 0.15) is 5.69 Å². The first-order chi connectivity index (χ1) is 13.5. The van der Waals surface area contributed by atoms with Gasteiger partial charge >= 0.3 is 0 Å². The zero-order valence-electron chi connectivity index (χ0n) is 16.5. The molecule has 0 aliphatic carbocycles. The molecule has 3 aromatic rings. The third-order valence-corrected chi connectivity index (χ3v) is 5.39. The Morgan fingerprint density at radius 1 is 1.14 bits per heavy atom. The van der Waals surface area contributed by atoms with E-state index in [0.29, 0.717) is 18.8 Å². The van der Waals surface area contributed by atoms with Crippen molar-refractivity contribution >= 4 is 5.91 Å².